The van der Waals surface area contributed by atoms with Gasteiger partial charge in [-0.15, -0.1) is 0 Å². The fraction of sp³-hybridized carbons (Fsp3) is 0.611. The minimum absolute atomic E-state index is 0.0142. The third-order valence-electron chi connectivity index (χ3n) is 4.54. The minimum Gasteiger partial charge on any atom is -0.493 e. The number of aliphatic hydroxyl groups excluding tert-OH is 1. The average molecular weight is 318 g/mol. The molecule has 2 aliphatic rings. The number of nitrogens with one attached hydrogen (secondary N) is 1. The highest BCUT2D eigenvalue weighted by Gasteiger charge is 2.33. The zero-order chi connectivity index (χ0) is 16.1. The van der Waals surface area contributed by atoms with Crippen molar-refractivity contribution in [1.82, 2.24) is 10.2 Å². The van der Waals surface area contributed by atoms with Crippen molar-refractivity contribution in [3.05, 3.63) is 29.8 Å². The Bertz CT molecular complexity index is 531. The van der Waals surface area contributed by atoms with E-state index in [0.717, 1.165) is 56.4 Å². The van der Waals surface area contributed by atoms with E-state index in [1.807, 2.05) is 29.2 Å². The lowest BCUT2D eigenvalue weighted by molar-refractivity contribution is 0.186. The Morgan fingerprint density at radius 3 is 2.87 bits per heavy atom. The van der Waals surface area contributed by atoms with Crippen molar-refractivity contribution in [3.8, 4) is 5.75 Å². The first-order chi connectivity index (χ1) is 11.3. The monoisotopic (exact) mass is 318 g/mol. The van der Waals surface area contributed by atoms with Crippen molar-refractivity contribution < 1.29 is 14.6 Å². The van der Waals surface area contributed by atoms with Gasteiger partial charge in [-0.2, -0.15) is 0 Å². The first-order valence-electron chi connectivity index (χ1n) is 8.69. The molecular formula is C18H26N2O3. The van der Waals surface area contributed by atoms with Gasteiger partial charge in [-0.3, -0.25) is 0 Å². The lowest BCUT2D eigenvalue weighted by Crippen LogP contribution is -2.43. The third-order valence-corrected chi connectivity index (χ3v) is 4.54. The summed E-state index contributed by atoms with van der Waals surface area (Å²) in [6, 6.07) is 8.39. The second-order valence-electron chi connectivity index (χ2n) is 6.39. The van der Waals surface area contributed by atoms with Crippen molar-refractivity contribution in [2.24, 2.45) is 0 Å². The maximum atomic E-state index is 12.7. The molecule has 1 aliphatic carbocycles. The number of aliphatic hydroxyl groups is 1. The summed E-state index contributed by atoms with van der Waals surface area (Å²) in [6.45, 7) is 1.61. The second-order valence-corrected chi connectivity index (χ2v) is 6.39. The number of hydrogen-bond acceptors (Lipinski definition) is 3. The summed E-state index contributed by atoms with van der Waals surface area (Å²) >= 11 is 0. The quantitative estimate of drug-likeness (QED) is 0.793. The number of fused-ring (bicyclic) bond motifs is 1. The number of benzene rings is 1. The van der Waals surface area contributed by atoms with Gasteiger partial charge < -0.3 is 20.1 Å². The van der Waals surface area contributed by atoms with E-state index in [4.69, 9.17) is 9.84 Å². The fourth-order valence-electron chi connectivity index (χ4n) is 3.14. The predicted molar refractivity (Wildman–Crippen MR) is 88.5 cm³/mol. The topological polar surface area (TPSA) is 61.8 Å². The summed E-state index contributed by atoms with van der Waals surface area (Å²) in [6.07, 6.45) is 5.63. The second kappa shape index (κ2) is 7.68. The first kappa shape index (κ1) is 16.1. The van der Waals surface area contributed by atoms with Gasteiger partial charge in [0.2, 0.25) is 0 Å². The number of urea groups is 1. The number of nitrogens with zero attached hydrogens (tertiary/aromatic N) is 1. The molecule has 0 spiro atoms. The van der Waals surface area contributed by atoms with Gasteiger partial charge in [0, 0.05) is 24.8 Å². The highest BCUT2D eigenvalue weighted by Crippen LogP contribution is 2.32. The van der Waals surface area contributed by atoms with E-state index in [1.165, 1.54) is 0 Å². The van der Waals surface area contributed by atoms with Gasteiger partial charge in [-0.05, 0) is 44.6 Å². The molecule has 0 saturated heterocycles. The Labute approximate surface area is 137 Å². The van der Waals surface area contributed by atoms with Gasteiger partial charge in [0.05, 0.1) is 12.6 Å². The zero-order valence-electron chi connectivity index (χ0n) is 13.5. The van der Waals surface area contributed by atoms with Gasteiger partial charge in [-0.25, -0.2) is 4.79 Å². The van der Waals surface area contributed by atoms with E-state index in [0.29, 0.717) is 12.6 Å². The number of amides is 2. The van der Waals surface area contributed by atoms with Gasteiger partial charge >= 0.3 is 6.03 Å². The van der Waals surface area contributed by atoms with Crippen LogP contribution in [0, 0.1) is 0 Å². The van der Waals surface area contributed by atoms with Gasteiger partial charge in [-0.1, -0.05) is 18.2 Å². The highest BCUT2D eigenvalue weighted by atomic mass is 16.5. The molecule has 1 fully saturated rings. The normalized spacial score (nSPS) is 20.1. The molecule has 3 rings (SSSR count). The van der Waals surface area contributed by atoms with Crippen LogP contribution >= 0.6 is 0 Å². The third kappa shape index (κ3) is 4.16. The van der Waals surface area contributed by atoms with E-state index < -0.39 is 0 Å². The molecule has 1 atom stereocenters. The molecule has 0 radical (unpaired) electrons. The summed E-state index contributed by atoms with van der Waals surface area (Å²) < 4.78 is 5.77. The van der Waals surface area contributed by atoms with Crippen LogP contribution in [0.2, 0.25) is 0 Å². The summed E-state index contributed by atoms with van der Waals surface area (Å²) in [5, 5.41) is 12.1. The molecule has 126 valence electrons. The average Bonchev–Trinajstić information content (AvgIpc) is 3.40. The molecule has 1 heterocycles. The summed E-state index contributed by atoms with van der Waals surface area (Å²) in [7, 11) is 0. The van der Waals surface area contributed by atoms with Crippen LogP contribution in [0.4, 0.5) is 4.79 Å². The Kier molecular flexibility index (Phi) is 5.39. The molecule has 1 aliphatic heterocycles. The minimum atomic E-state index is 0.0142. The van der Waals surface area contributed by atoms with Gasteiger partial charge in [0.25, 0.3) is 0 Å². The van der Waals surface area contributed by atoms with Crippen LogP contribution in [0.1, 0.15) is 50.1 Å². The molecule has 23 heavy (non-hydrogen) atoms. The first-order valence-corrected chi connectivity index (χ1v) is 8.69. The van der Waals surface area contributed by atoms with E-state index in [9.17, 15) is 4.79 Å². The van der Waals surface area contributed by atoms with Crippen molar-refractivity contribution in [3.63, 3.8) is 0 Å². The van der Waals surface area contributed by atoms with Gasteiger partial charge in [0.15, 0.2) is 0 Å². The van der Waals surface area contributed by atoms with Crippen LogP contribution in [0.25, 0.3) is 0 Å². The van der Waals surface area contributed by atoms with Crippen molar-refractivity contribution in [2.45, 2.75) is 50.6 Å². The molecule has 0 bridgehead atoms. The number of hydrogen-bond donors (Lipinski definition) is 2. The molecular weight excluding hydrogens is 292 g/mol. The van der Waals surface area contributed by atoms with E-state index in [2.05, 4.69) is 5.32 Å². The van der Waals surface area contributed by atoms with Crippen LogP contribution in [-0.2, 0) is 0 Å². The molecule has 1 saturated carbocycles. The smallest absolute Gasteiger partial charge is 0.318 e. The maximum absolute atomic E-state index is 12.7. The zero-order valence-corrected chi connectivity index (χ0v) is 13.5. The van der Waals surface area contributed by atoms with E-state index >= 15 is 0 Å². The van der Waals surface area contributed by atoms with Crippen LogP contribution in [-0.4, -0.2) is 41.8 Å². The standard InChI is InChI=1S/C18H26N2O3/c21-12-4-3-11-20(14-9-10-14)18(22)19-16-7-5-13-23-17-8-2-1-6-15(16)17/h1-2,6,8,14,16,21H,3-5,7,9-13H2,(H,19,22). The number of ether oxygens (including phenoxy) is 1. The summed E-state index contributed by atoms with van der Waals surface area (Å²) in [4.78, 5) is 14.7. The van der Waals surface area contributed by atoms with E-state index in [1.54, 1.807) is 0 Å². The lowest BCUT2D eigenvalue weighted by atomic mass is 10.0. The van der Waals surface area contributed by atoms with Crippen molar-refractivity contribution in [2.75, 3.05) is 19.8 Å². The number of carbonyl (C=O) groups is 1. The van der Waals surface area contributed by atoms with Gasteiger partial charge in [0.1, 0.15) is 5.75 Å². The molecule has 0 aromatic heterocycles. The van der Waals surface area contributed by atoms with Crippen LogP contribution in [0.3, 0.4) is 0 Å². The van der Waals surface area contributed by atoms with Crippen LogP contribution in [0.5, 0.6) is 5.75 Å². The number of unbranched alkanes of at least 4 members (excludes halogenated alkanes) is 1. The Hall–Kier alpha value is -1.75. The Balaban J connectivity index is 1.66. The maximum Gasteiger partial charge on any atom is 0.318 e. The fourth-order valence-corrected chi connectivity index (χ4v) is 3.14. The van der Waals surface area contributed by atoms with Crippen LogP contribution in [0.15, 0.2) is 24.3 Å². The molecule has 5 nitrogen and oxygen atoms in total. The van der Waals surface area contributed by atoms with Crippen LogP contribution < -0.4 is 10.1 Å². The van der Waals surface area contributed by atoms with Crippen molar-refractivity contribution in [1.29, 1.82) is 0 Å². The number of carbonyl (C=O) groups excluding carboxylic acids is 1. The van der Waals surface area contributed by atoms with Crippen molar-refractivity contribution >= 4 is 6.03 Å². The molecule has 1 unspecified atom stereocenters. The largest absolute Gasteiger partial charge is 0.493 e. The molecule has 1 aromatic rings. The van der Waals surface area contributed by atoms with E-state index in [-0.39, 0.29) is 18.7 Å². The highest BCUT2D eigenvalue weighted by molar-refractivity contribution is 5.75. The Morgan fingerprint density at radius 1 is 1.26 bits per heavy atom. The molecule has 2 N–H and O–H groups in total. The number of para-hydroxylation sites is 1. The lowest BCUT2D eigenvalue weighted by Gasteiger charge is -2.26. The summed E-state index contributed by atoms with van der Waals surface area (Å²) in [5.41, 5.74) is 1.07. The number of rotatable bonds is 6. The Morgan fingerprint density at radius 2 is 2.09 bits per heavy atom. The molecule has 5 heteroatoms. The predicted octanol–water partition coefficient (Wildman–Crippen LogP) is 2.85. The molecule has 2 amide bonds. The molecule has 1 aromatic carbocycles. The SMILES string of the molecule is O=C(NC1CCCOc2ccccc21)N(CCCCO)C1CC1. The summed E-state index contributed by atoms with van der Waals surface area (Å²) in [5.74, 6) is 0.883.